The molecule has 6 heteroatoms. The highest BCUT2D eigenvalue weighted by Gasteiger charge is 2.18. The summed E-state index contributed by atoms with van der Waals surface area (Å²) in [6.45, 7) is 6.01. The summed E-state index contributed by atoms with van der Waals surface area (Å²) in [4.78, 5) is 21.9. The minimum Gasteiger partial charge on any atom is -0.340 e. The van der Waals surface area contributed by atoms with E-state index in [9.17, 15) is 4.79 Å². The summed E-state index contributed by atoms with van der Waals surface area (Å²) < 4.78 is 0. The van der Waals surface area contributed by atoms with Crippen LogP contribution in [0.15, 0.2) is 84.9 Å². The number of aromatic nitrogens is 2. The summed E-state index contributed by atoms with van der Waals surface area (Å²) >= 11 is 0. The fraction of sp³-hybridized carbons (Fsp3) is 0.179. The van der Waals surface area contributed by atoms with Crippen molar-refractivity contribution < 1.29 is 4.79 Å². The Kier molecular flexibility index (Phi) is 7.18. The van der Waals surface area contributed by atoms with Gasteiger partial charge in [-0.15, -0.1) is 0 Å². The van der Waals surface area contributed by atoms with Gasteiger partial charge in [-0.2, -0.15) is 4.98 Å². The van der Waals surface area contributed by atoms with Crippen molar-refractivity contribution in [3.63, 3.8) is 0 Å². The second kappa shape index (κ2) is 10.6. The van der Waals surface area contributed by atoms with E-state index >= 15 is 0 Å². The topological polar surface area (TPSA) is 78.9 Å². The van der Waals surface area contributed by atoms with Crippen LogP contribution < -0.4 is 16.0 Å². The largest absolute Gasteiger partial charge is 0.340 e. The third-order valence-corrected chi connectivity index (χ3v) is 5.51. The Labute approximate surface area is 200 Å². The molecule has 1 atom stereocenters. The quantitative estimate of drug-likeness (QED) is 0.277. The van der Waals surface area contributed by atoms with Crippen LogP contribution in [0.2, 0.25) is 0 Å². The summed E-state index contributed by atoms with van der Waals surface area (Å²) in [5.41, 5.74) is 5.62. The highest BCUT2D eigenvalue weighted by atomic mass is 16.1. The molecule has 1 aromatic heterocycles. The van der Waals surface area contributed by atoms with E-state index in [0.29, 0.717) is 11.8 Å². The van der Waals surface area contributed by atoms with Crippen molar-refractivity contribution in [2.75, 3.05) is 16.0 Å². The van der Waals surface area contributed by atoms with Gasteiger partial charge in [0.25, 0.3) is 0 Å². The van der Waals surface area contributed by atoms with Crippen molar-refractivity contribution >= 4 is 34.7 Å². The van der Waals surface area contributed by atoms with Gasteiger partial charge in [0.2, 0.25) is 11.9 Å². The van der Waals surface area contributed by atoms with E-state index in [4.69, 9.17) is 0 Å². The Hall–Kier alpha value is -4.19. The smallest absolute Gasteiger partial charge is 0.231 e. The van der Waals surface area contributed by atoms with Crippen molar-refractivity contribution in [1.29, 1.82) is 0 Å². The molecule has 0 saturated heterocycles. The van der Waals surface area contributed by atoms with Crippen LogP contribution in [0.5, 0.6) is 0 Å². The second-order valence-corrected chi connectivity index (χ2v) is 8.27. The molecule has 4 aromatic rings. The van der Waals surface area contributed by atoms with Gasteiger partial charge in [0.05, 0.1) is 5.92 Å². The maximum Gasteiger partial charge on any atom is 0.231 e. The van der Waals surface area contributed by atoms with Gasteiger partial charge in [-0.25, -0.2) is 4.98 Å². The lowest BCUT2D eigenvalue weighted by atomic mass is 9.95. The first-order valence-electron chi connectivity index (χ1n) is 11.4. The van der Waals surface area contributed by atoms with E-state index in [2.05, 4.69) is 45.0 Å². The molecule has 0 fully saturated rings. The van der Waals surface area contributed by atoms with Crippen LogP contribution >= 0.6 is 0 Å². The summed E-state index contributed by atoms with van der Waals surface area (Å²) in [6, 6.07) is 27.5. The van der Waals surface area contributed by atoms with E-state index in [0.717, 1.165) is 34.7 Å². The van der Waals surface area contributed by atoms with Crippen molar-refractivity contribution in [2.24, 2.45) is 0 Å². The number of amides is 1. The molecule has 3 N–H and O–H groups in total. The Morgan fingerprint density at radius 3 is 2.09 bits per heavy atom. The predicted octanol–water partition coefficient (Wildman–Crippen LogP) is 6.71. The Bertz CT molecular complexity index is 1240. The van der Waals surface area contributed by atoms with Crippen molar-refractivity contribution in [1.82, 2.24) is 9.97 Å². The van der Waals surface area contributed by atoms with Crippen LogP contribution in [-0.2, 0) is 4.79 Å². The predicted molar refractivity (Wildman–Crippen MR) is 139 cm³/mol. The first-order chi connectivity index (χ1) is 16.5. The van der Waals surface area contributed by atoms with Crippen molar-refractivity contribution in [2.45, 2.75) is 33.1 Å². The zero-order valence-electron chi connectivity index (χ0n) is 19.7. The molecule has 0 aliphatic carbocycles. The SMILES string of the molecule is CCC(C(=O)Nc1ccc(Nc2nc(C)cc(Nc3ccc(C)cc3)n2)cc1)c1ccccc1. The summed E-state index contributed by atoms with van der Waals surface area (Å²) in [7, 11) is 0. The van der Waals surface area contributed by atoms with Gasteiger partial charge in [-0.1, -0.05) is 55.0 Å². The molecule has 0 aliphatic heterocycles. The van der Waals surface area contributed by atoms with Crippen molar-refractivity contribution in [3.05, 3.63) is 102 Å². The molecular formula is C28H29N5O. The molecule has 1 heterocycles. The minimum atomic E-state index is -0.181. The highest BCUT2D eigenvalue weighted by molar-refractivity contribution is 5.96. The molecule has 0 spiro atoms. The van der Waals surface area contributed by atoms with Crippen LogP contribution in [-0.4, -0.2) is 15.9 Å². The van der Waals surface area contributed by atoms with E-state index in [-0.39, 0.29) is 11.8 Å². The molecule has 1 unspecified atom stereocenters. The number of hydrogen-bond acceptors (Lipinski definition) is 5. The molecule has 0 bridgehead atoms. The van der Waals surface area contributed by atoms with Crippen LogP contribution in [0.1, 0.15) is 36.1 Å². The lowest BCUT2D eigenvalue weighted by molar-refractivity contribution is -0.117. The van der Waals surface area contributed by atoms with Gasteiger partial charge in [0, 0.05) is 28.8 Å². The molecule has 0 radical (unpaired) electrons. The lowest BCUT2D eigenvalue weighted by Gasteiger charge is -2.16. The van der Waals surface area contributed by atoms with Gasteiger partial charge < -0.3 is 16.0 Å². The molecule has 34 heavy (non-hydrogen) atoms. The van der Waals surface area contributed by atoms with Gasteiger partial charge >= 0.3 is 0 Å². The number of carbonyl (C=O) groups excluding carboxylic acids is 1. The lowest BCUT2D eigenvalue weighted by Crippen LogP contribution is -2.20. The maximum atomic E-state index is 12.8. The number of carbonyl (C=O) groups is 1. The molecular weight excluding hydrogens is 422 g/mol. The average molecular weight is 452 g/mol. The average Bonchev–Trinajstić information content (AvgIpc) is 2.83. The number of aryl methyl sites for hydroxylation is 2. The minimum absolute atomic E-state index is 0.0109. The maximum absolute atomic E-state index is 12.8. The third-order valence-electron chi connectivity index (χ3n) is 5.51. The summed E-state index contributed by atoms with van der Waals surface area (Å²) in [5, 5.41) is 9.59. The number of benzene rings is 3. The fourth-order valence-electron chi connectivity index (χ4n) is 3.73. The third kappa shape index (κ3) is 5.98. The van der Waals surface area contributed by atoms with E-state index in [1.165, 1.54) is 5.56 Å². The number of hydrogen-bond donors (Lipinski definition) is 3. The van der Waals surface area contributed by atoms with E-state index in [1.807, 2.05) is 86.6 Å². The fourth-order valence-corrected chi connectivity index (χ4v) is 3.73. The number of rotatable bonds is 8. The number of nitrogens with zero attached hydrogens (tertiary/aromatic N) is 2. The van der Waals surface area contributed by atoms with Gasteiger partial charge in [0.1, 0.15) is 5.82 Å². The van der Waals surface area contributed by atoms with Crippen LogP contribution in [0, 0.1) is 13.8 Å². The Morgan fingerprint density at radius 1 is 0.794 bits per heavy atom. The van der Waals surface area contributed by atoms with Gasteiger partial charge in [0.15, 0.2) is 0 Å². The molecule has 3 aromatic carbocycles. The first kappa shape index (κ1) is 23.0. The van der Waals surface area contributed by atoms with Crippen LogP contribution in [0.25, 0.3) is 0 Å². The molecule has 172 valence electrons. The Morgan fingerprint density at radius 2 is 1.41 bits per heavy atom. The summed E-state index contributed by atoms with van der Waals surface area (Å²) in [6.07, 6.45) is 0.735. The number of nitrogens with one attached hydrogen (secondary N) is 3. The highest BCUT2D eigenvalue weighted by Crippen LogP contribution is 2.24. The van der Waals surface area contributed by atoms with Gasteiger partial charge in [-0.05, 0) is 62.2 Å². The van der Waals surface area contributed by atoms with Crippen LogP contribution in [0.3, 0.4) is 0 Å². The molecule has 0 aliphatic rings. The van der Waals surface area contributed by atoms with Crippen LogP contribution in [0.4, 0.5) is 28.8 Å². The van der Waals surface area contributed by atoms with Crippen molar-refractivity contribution in [3.8, 4) is 0 Å². The molecule has 6 nitrogen and oxygen atoms in total. The normalized spacial score (nSPS) is 11.5. The van der Waals surface area contributed by atoms with Gasteiger partial charge in [-0.3, -0.25) is 4.79 Å². The second-order valence-electron chi connectivity index (χ2n) is 8.27. The van der Waals surface area contributed by atoms with E-state index < -0.39 is 0 Å². The monoisotopic (exact) mass is 451 g/mol. The molecule has 0 saturated carbocycles. The zero-order chi connectivity index (χ0) is 23.9. The Balaban J connectivity index is 1.42. The standard InChI is InChI=1S/C28H29N5O/c1-4-25(21-8-6-5-7-9-21)27(34)31-23-14-16-24(17-15-23)32-28-29-20(3)18-26(33-28)30-22-12-10-19(2)11-13-22/h5-18,25H,4H2,1-3H3,(H,31,34)(H2,29,30,32,33). The molecule has 1 amide bonds. The van der Waals surface area contributed by atoms with E-state index in [1.54, 1.807) is 0 Å². The zero-order valence-corrected chi connectivity index (χ0v) is 19.7. The first-order valence-corrected chi connectivity index (χ1v) is 11.4. The number of anilines is 5. The molecule has 4 rings (SSSR count). The summed E-state index contributed by atoms with van der Waals surface area (Å²) in [5.74, 6) is 1.03.